The van der Waals surface area contributed by atoms with Gasteiger partial charge in [0.05, 0.1) is 22.6 Å². The van der Waals surface area contributed by atoms with Gasteiger partial charge < -0.3 is 5.32 Å². The zero-order valence-corrected chi connectivity index (χ0v) is 10.5. The van der Waals surface area contributed by atoms with Gasteiger partial charge in [0, 0.05) is 11.1 Å². The third-order valence-electron chi connectivity index (χ3n) is 2.14. The van der Waals surface area contributed by atoms with Crippen LogP contribution in [0.4, 0.5) is 5.69 Å². The Morgan fingerprint density at radius 1 is 1.29 bits per heavy atom. The van der Waals surface area contributed by atoms with Crippen LogP contribution in [0.15, 0.2) is 40.1 Å². The minimum Gasteiger partial charge on any atom is -0.379 e. The highest BCUT2D eigenvalue weighted by molar-refractivity contribution is 7.89. The Balaban J connectivity index is 2.04. The first-order valence-electron chi connectivity index (χ1n) is 4.79. The van der Waals surface area contributed by atoms with E-state index in [0.717, 1.165) is 11.4 Å². The Labute approximate surface area is 103 Å². The molecular formula is C10H11N3O2S2. The van der Waals surface area contributed by atoms with Crippen molar-refractivity contribution in [3.05, 3.63) is 40.8 Å². The van der Waals surface area contributed by atoms with Gasteiger partial charge in [-0.05, 0) is 24.3 Å². The van der Waals surface area contributed by atoms with Gasteiger partial charge in [-0.25, -0.2) is 18.5 Å². The van der Waals surface area contributed by atoms with Gasteiger partial charge in [0.25, 0.3) is 0 Å². The third kappa shape index (κ3) is 3.26. The Bertz CT molecular complexity index is 577. The minimum atomic E-state index is -3.62. The van der Waals surface area contributed by atoms with Crippen molar-refractivity contribution < 1.29 is 8.42 Å². The topological polar surface area (TPSA) is 85.1 Å². The number of hydrogen-bond donors (Lipinski definition) is 2. The van der Waals surface area contributed by atoms with Crippen molar-refractivity contribution in [2.24, 2.45) is 5.14 Å². The molecule has 0 bridgehead atoms. The highest BCUT2D eigenvalue weighted by Gasteiger charge is 2.06. The summed E-state index contributed by atoms with van der Waals surface area (Å²) in [4.78, 5) is 4.24. The lowest BCUT2D eigenvalue weighted by Gasteiger charge is -2.05. The number of hydrogen-bond acceptors (Lipinski definition) is 5. The number of benzene rings is 1. The van der Waals surface area contributed by atoms with Gasteiger partial charge in [-0.2, -0.15) is 0 Å². The van der Waals surface area contributed by atoms with Crippen molar-refractivity contribution >= 4 is 27.0 Å². The number of primary sulfonamides is 1. The van der Waals surface area contributed by atoms with Crippen molar-refractivity contribution in [1.82, 2.24) is 4.98 Å². The maximum Gasteiger partial charge on any atom is 0.238 e. The molecule has 0 aliphatic rings. The molecule has 0 fully saturated rings. The molecule has 1 heterocycles. The highest BCUT2D eigenvalue weighted by atomic mass is 32.2. The van der Waals surface area contributed by atoms with E-state index in [4.69, 9.17) is 5.14 Å². The second-order valence-corrected chi connectivity index (χ2v) is 5.68. The molecule has 0 saturated heterocycles. The van der Waals surface area contributed by atoms with E-state index in [2.05, 4.69) is 10.3 Å². The van der Waals surface area contributed by atoms with Crippen LogP contribution < -0.4 is 10.5 Å². The number of nitrogens with two attached hydrogens (primary N) is 1. The number of nitrogens with one attached hydrogen (secondary N) is 1. The summed E-state index contributed by atoms with van der Waals surface area (Å²) in [6.07, 6.45) is 0. The van der Waals surface area contributed by atoms with Crippen molar-refractivity contribution in [3.8, 4) is 0 Å². The van der Waals surface area contributed by atoms with E-state index in [0.29, 0.717) is 6.54 Å². The van der Waals surface area contributed by atoms with Gasteiger partial charge in [0.2, 0.25) is 10.0 Å². The van der Waals surface area contributed by atoms with E-state index in [9.17, 15) is 8.42 Å². The highest BCUT2D eigenvalue weighted by Crippen LogP contribution is 2.13. The average Bonchev–Trinajstić information content (AvgIpc) is 2.78. The summed E-state index contributed by atoms with van der Waals surface area (Å²) in [5.74, 6) is 0. The lowest BCUT2D eigenvalue weighted by molar-refractivity contribution is 0.598. The molecule has 0 amide bonds. The summed E-state index contributed by atoms with van der Waals surface area (Å²) >= 11 is 1.53. The number of sulfonamides is 1. The molecule has 1 aromatic heterocycles. The molecular weight excluding hydrogens is 258 g/mol. The molecule has 2 rings (SSSR count). The van der Waals surface area contributed by atoms with Crippen molar-refractivity contribution in [2.45, 2.75) is 11.4 Å². The predicted octanol–water partition coefficient (Wildman–Crippen LogP) is 1.40. The second kappa shape index (κ2) is 4.82. The first-order chi connectivity index (χ1) is 8.05. The summed E-state index contributed by atoms with van der Waals surface area (Å²) < 4.78 is 22.1. The molecule has 0 saturated carbocycles. The minimum absolute atomic E-state index is 0.108. The summed E-state index contributed by atoms with van der Waals surface area (Å²) in [7, 11) is -3.62. The second-order valence-electron chi connectivity index (χ2n) is 3.40. The molecule has 0 radical (unpaired) electrons. The van der Waals surface area contributed by atoms with Crippen LogP contribution in [-0.4, -0.2) is 13.4 Å². The molecule has 0 aliphatic carbocycles. The van der Waals surface area contributed by atoms with E-state index < -0.39 is 10.0 Å². The summed E-state index contributed by atoms with van der Waals surface area (Å²) in [6, 6.07) is 6.29. The van der Waals surface area contributed by atoms with Gasteiger partial charge in [-0.3, -0.25) is 0 Å². The fourth-order valence-corrected chi connectivity index (χ4v) is 2.35. The normalized spacial score (nSPS) is 11.4. The molecule has 0 spiro atoms. The number of aromatic nitrogens is 1. The van der Waals surface area contributed by atoms with Crippen LogP contribution in [0.1, 0.15) is 5.69 Å². The van der Waals surface area contributed by atoms with Crippen LogP contribution in [0.2, 0.25) is 0 Å². The molecule has 0 aliphatic heterocycles. The maximum absolute atomic E-state index is 11.0. The van der Waals surface area contributed by atoms with Crippen LogP contribution in [0.3, 0.4) is 0 Å². The number of rotatable bonds is 4. The fraction of sp³-hybridized carbons (Fsp3) is 0.100. The first kappa shape index (κ1) is 12.0. The standard InChI is InChI=1S/C10H11N3O2S2/c11-17(14,15)10-3-1-8(2-4-10)12-5-9-6-16-7-13-9/h1-4,6-7,12H,5H2,(H2,11,14,15). The quantitative estimate of drug-likeness (QED) is 0.878. The maximum atomic E-state index is 11.0. The van der Waals surface area contributed by atoms with E-state index in [1.54, 1.807) is 17.6 Å². The van der Waals surface area contributed by atoms with Crippen molar-refractivity contribution in [2.75, 3.05) is 5.32 Å². The average molecular weight is 269 g/mol. The Kier molecular flexibility index (Phi) is 3.41. The molecule has 5 nitrogen and oxygen atoms in total. The van der Waals surface area contributed by atoms with E-state index >= 15 is 0 Å². The first-order valence-corrected chi connectivity index (χ1v) is 7.28. The number of thiazole rings is 1. The number of anilines is 1. The zero-order chi connectivity index (χ0) is 12.3. The van der Waals surface area contributed by atoms with Gasteiger partial charge in [-0.15, -0.1) is 11.3 Å². The molecule has 7 heteroatoms. The SMILES string of the molecule is NS(=O)(=O)c1ccc(NCc2cscn2)cc1. The van der Waals surface area contributed by atoms with Crippen LogP contribution >= 0.6 is 11.3 Å². The van der Waals surface area contributed by atoms with Gasteiger partial charge >= 0.3 is 0 Å². The number of nitrogens with zero attached hydrogens (tertiary/aromatic N) is 1. The van der Waals surface area contributed by atoms with Gasteiger partial charge in [0.15, 0.2) is 0 Å². The third-order valence-corrected chi connectivity index (χ3v) is 3.70. The van der Waals surface area contributed by atoms with E-state index in [-0.39, 0.29) is 4.90 Å². The van der Waals surface area contributed by atoms with Gasteiger partial charge in [0.1, 0.15) is 0 Å². The Hall–Kier alpha value is -1.44. The molecule has 2 aromatic rings. The monoisotopic (exact) mass is 269 g/mol. The van der Waals surface area contributed by atoms with E-state index in [1.165, 1.54) is 23.5 Å². The zero-order valence-electron chi connectivity index (χ0n) is 8.83. The fourth-order valence-electron chi connectivity index (χ4n) is 1.28. The Morgan fingerprint density at radius 3 is 2.53 bits per heavy atom. The molecule has 1 aromatic carbocycles. The molecule has 0 unspecified atom stereocenters. The molecule has 3 N–H and O–H groups in total. The van der Waals surface area contributed by atoms with Gasteiger partial charge in [-0.1, -0.05) is 0 Å². The van der Waals surface area contributed by atoms with E-state index in [1.807, 2.05) is 5.38 Å². The smallest absolute Gasteiger partial charge is 0.238 e. The predicted molar refractivity (Wildman–Crippen MR) is 67.3 cm³/mol. The van der Waals surface area contributed by atoms with Crippen LogP contribution in [0, 0.1) is 0 Å². The molecule has 17 heavy (non-hydrogen) atoms. The van der Waals surface area contributed by atoms with Crippen molar-refractivity contribution in [3.63, 3.8) is 0 Å². The lowest BCUT2D eigenvalue weighted by atomic mass is 10.3. The molecule has 90 valence electrons. The van der Waals surface area contributed by atoms with Crippen LogP contribution in [-0.2, 0) is 16.6 Å². The summed E-state index contributed by atoms with van der Waals surface area (Å²) in [6.45, 7) is 0.609. The molecule has 0 atom stereocenters. The largest absolute Gasteiger partial charge is 0.379 e. The summed E-state index contributed by atoms with van der Waals surface area (Å²) in [5.41, 5.74) is 3.54. The summed E-state index contributed by atoms with van der Waals surface area (Å²) in [5, 5.41) is 10.1. The van der Waals surface area contributed by atoms with Crippen molar-refractivity contribution in [1.29, 1.82) is 0 Å². The lowest BCUT2D eigenvalue weighted by Crippen LogP contribution is -2.12. The Morgan fingerprint density at radius 2 is 2.00 bits per heavy atom. The van der Waals surface area contributed by atoms with Crippen LogP contribution in [0.5, 0.6) is 0 Å². The van der Waals surface area contributed by atoms with Crippen LogP contribution in [0.25, 0.3) is 0 Å².